The maximum Gasteiger partial charge on any atom is 0.363 e. The van der Waals surface area contributed by atoms with Gasteiger partial charge in [0.15, 0.2) is 17.2 Å². The molecule has 2 aromatic carbocycles. The Hall–Kier alpha value is -2.45. The number of carbonyl (C=O) groups is 2. The first-order valence-corrected chi connectivity index (χ1v) is 9.89. The number of esters is 2. The SMILES string of the molecule is CCOc1cc(/C=C2\N=C(c3cccc(Br)c3)OC2=O)cc(Br)c1OC(C)=O. The second kappa shape index (κ2) is 8.70. The van der Waals surface area contributed by atoms with Gasteiger partial charge in [-0.3, -0.25) is 4.79 Å². The molecule has 1 heterocycles. The number of benzene rings is 2. The third kappa shape index (κ3) is 4.69. The van der Waals surface area contributed by atoms with E-state index in [2.05, 4.69) is 36.9 Å². The van der Waals surface area contributed by atoms with Crippen molar-refractivity contribution in [3.63, 3.8) is 0 Å². The van der Waals surface area contributed by atoms with Crippen LogP contribution >= 0.6 is 31.9 Å². The van der Waals surface area contributed by atoms with Crippen LogP contribution in [0.15, 0.2) is 56.0 Å². The van der Waals surface area contributed by atoms with Crippen molar-refractivity contribution in [2.75, 3.05) is 6.61 Å². The van der Waals surface area contributed by atoms with Crippen LogP contribution in [0.2, 0.25) is 0 Å². The van der Waals surface area contributed by atoms with Gasteiger partial charge in [-0.1, -0.05) is 22.0 Å². The summed E-state index contributed by atoms with van der Waals surface area (Å²) in [6.07, 6.45) is 1.58. The van der Waals surface area contributed by atoms with Crippen LogP contribution in [0.3, 0.4) is 0 Å². The van der Waals surface area contributed by atoms with Crippen LogP contribution in [-0.4, -0.2) is 24.4 Å². The van der Waals surface area contributed by atoms with Crippen LogP contribution < -0.4 is 9.47 Å². The van der Waals surface area contributed by atoms with E-state index in [4.69, 9.17) is 14.2 Å². The minimum absolute atomic E-state index is 0.157. The number of hydrogen-bond acceptors (Lipinski definition) is 6. The first-order valence-electron chi connectivity index (χ1n) is 8.30. The van der Waals surface area contributed by atoms with E-state index in [0.29, 0.717) is 28.0 Å². The molecule has 0 unspecified atom stereocenters. The van der Waals surface area contributed by atoms with E-state index in [-0.39, 0.29) is 17.3 Å². The Morgan fingerprint density at radius 3 is 2.71 bits per heavy atom. The van der Waals surface area contributed by atoms with E-state index in [0.717, 1.165) is 4.47 Å². The summed E-state index contributed by atoms with van der Waals surface area (Å²) in [5.74, 6) is -0.119. The lowest BCUT2D eigenvalue weighted by molar-refractivity contribution is -0.132. The zero-order valence-corrected chi connectivity index (χ0v) is 18.2. The van der Waals surface area contributed by atoms with Gasteiger partial charge in [0.25, 0.3) is 0 Å². The molecule has 6 nitrogen and oxygen atoms in total. The molecule has 0 aromatic heterocycles. The summed E-state index contributed by atoms with van der Waals surface area (Å²) in [5.41, 5.74) is 1.48. The van der Waals surface area contributed by atoms with Gasteiger partial charge >= 0.3 is 11.9 Å². The number of halogens is 2. The number of ether oxygens (including phenoxy) is 3. The summed E-state index contributed by atoms with van der Waals surface area (Å²) in [6.45, 7) is 3.51. The molecule has 2 aromatic rings. The van der Waals surface area contributed by atoms with Gasteiger partial charge in [-0.2, -0.15) is 0 Å². The van der Waals surface area contributed by atoms with E-state index in [1.165, 1.54) is 6.92 Å². The van der Waals surface area contributed by atoms with Gasteiger partial charge in [0.05, 0.1) is 11.1 Å². The molecule has 0 saturated carbocycles. The predicted octanol–water partition coefficient (Wildman–Crippen LogP) is 4.88. The Morgan fingerprint density at radius 2 is 2.04 bits per heavy atom. The van der Waals surface area contributed by atoms with Crippen LogP contribution in [0.1, 0.15) is 25.0 Å². The summed E-state index contributed by atoms with van der Waals surface area (Å²) >= 11 is 6.76. The zero-order valence-electron chi connectivity index (χ0n) is 15.0. The van der Waals surface area contributed by atoms with Crippen LogP contribution in [0, 0.1) is 0 Å². The molecule has 3 rings (SSSR count). The maximum atomic E-state index is 12.2. The standard InChI is InChI=1S/C20H15Br2NO5/c1-3-26-17-9-12(7-15(22)18(17)27-11(2)24)8-16-20(25)28-19(23-16)13-5-4-6-14(21)10-13/h4-10H,3H2,1-2H3/b16-8-. The summed E-state index contributed by atoms with van der Waals surface area (Å²) in [5, 5.41) is 0. The molecule has 8 heteroatoms. The van der Waals surface area contributed by atoms with Crippen molar-refractivity contribution in [1.82, 2.24) is 0 Å². The number of aliphatic imine (C=N–C) groups is 1. The Bertz CT molecular complexity index is 1010. The number of hydrogen-bond donors (Lipinski definition) is 0. The zero-order chi connectivity index (χ0) is 20.3. The summed E-state index contributed by atoms with van der Waals surface area (Å²) in [7, 11) is 0. The van der Waals surface area contributed by atoms with E-state index in [1.807, 2.05) is 25.1 Å². The average molecular weight is 509 g/mol. The van der Waals surface area contributed by atoms with Gasteiger partial charge in [0.1, 0.15) is 0 Å². The highest BCUT2D eigenvalue weighted by atomic mass is 79.9. The van der Waals surface area contributed by atoms with Gasteiger partial charge in [0.2, 0.25) is 5.90 Å². The quantitative estimate of drug-likeness (QED) is 0.327. The van der Waals surface area contributed by atoms with Crippen molar-refractivity contribution in [2.45, 2.75) is 13.8 Å². The largest absolute Gasteiger partial charge is 0.490 e. The fraction of sp³-hybridized carbons (Fsp3) is 0.150. The summed E-state index contributed by atoms with van der Waals surface area (Å²) < 4.78 is 17.4. The summed E-state index contributed by atoms with van der Waals surface area (Å²) in [4.78, 5) is 27.9. The molecule has 0 amide bonds. The highest BCUT2D eigenvalue weighted by molar-refractivity contribution is 9.10. The molecule has 0 bridgehead atoms. The minimum Gasteiger partial charge on any atom is -0.490 e. The van der Waals surface area contributed by atoms with Crippen molar-refractivity contribution >= 4 is 55.8 Å². The fourth-order valence-corrected chi connectivity index (χ4v) is 3.43. The lowest BCUT2D eigenvalue weighted by atomic mass is 10.1. The first kappa shape index (κ1) is 20.3. The molecule has 0 aliphatic carbocycles. The summed E-state index contributed by atoms with van der Waals surface area (Å²) in [6, 6.07) is 10.7. The Kier molecular flexibility index (Phi) is 6.31. The molecule has 0 fully saturated rings. The Morgan fingerprint density at radius 1 is 1.25 bits per heavy atom. The fourth-order valence-electron chi connectivity index (χ4n) is 2.49. The second-order valence-electron chi connectivity index (χ2n) is 5.70. The molecule has 0 saturated heterocycles. The van der Waals surface area contributed by atoms with Crippen molar-refractivity contribution in [3.05, 3.63) is 62.2 Å². The lowest BCUT2D eigenvalue weighted by Crippen LogP contribution is -2.06. The molecule has 0 atom stereocenters. The van der Waals surface area contributed by atoms with Crippen molar-refractivity contribution in [2.24, 2.45) is 4.99 Å². The molecular weight excluding hydrogens is 494 g/mol. The minimum atomic E-state index is -0.548. The van der Waals surface area contributed by atoms with Crippen LogP contribution in [0.25, 0.3) is 6.08 Å². The number of carbonyl (C=O) groups excluding carboxylic acids is 2. The number of cyclic esters (lactones) is 1. The normalized spacial score (nSPS) is 14.6. The molecule has 1 aliphatic rings. The molecule has 0 N–H and O–H groups in total. The van der Waals surface area contributed by atoms with Crippen LogP contribution in [0.5, 0.6) is 11.5 Å². The number of rotatable bonds is 5. The highest BCUT2D eigenvalue weighted by Crippen LogP contribution is 2.38. The molecular formula is C20H15Br2NO5. The highest BCUT2D eigenvalue weighted by Gasteiger charge is 2.24. The lowest BCUT2D eigenvalue weighted by Gasteiger charge is -2.12. The van der Waals surface area contributed by atoms with Crippen molar-refractivity contribution in [1.29, 1.82) is 0 Å². The smallest absolute Gasteiger partial charge is 0.363 e. The molecule has 28 heavy (non-hydrogen) atoms. The number of nitrogens with zero attached hydrogens (tertiary/aromatic N) is 1. The average Bonchev–Trinajstić information content (AvgIpc) is 2.99. The molecule has 1 aliphatic heterocycles. The van der Waals surface area contributed by atoms with Gasteiger partial charge in [-0.15, -0.1) is 0 Å². The van der Waals surface area contributed by atoms with Gasteiger partial charge in [-0.25, -0.2) is 9.79 Å². The van der Waals surface area contributed by atoms with Crippen LogP contribution in [0.4, 0.5) is 0 Å². The van der Waals surface area contributed by atoms with Gasteiger partial charge in [-0.05, 0) is 64.8 Å². The van der Waals surface area contributed by atoms with E-state index < -0.39 is 11.9 Å². The molecule has 144 valence electrons. The van der Waals surface area contributed by atoms with Crippen molar-refractivity contribution < 1.29 is 23.8 Å². The Labute approximate surface area is 178 Å². The van der Waals surface area contributed by atoms with Crippen LogP contribution in [-0.2, 0) is 14.3 Å². The monoisotopic (exact) mass is 507 g/mol. The first-order chi connectivity index (χ1) is 13.4. The van der Waals surface area contributed by atoms with Gasteiger partial charge < -0.3 is 14.2 Å². The van der Waals surface area contributed by atoms with E-state index in [9.17, 15) is 9.59 Å². The van der Waals surface area contributed by atoms with Gasteiger partial charge in [0, 0.05) is 17.0 Å². The topological polar surface area (TPSA) is 74.2 Å². The third-order valence-corrected chi connectivity index (χ3v) is 4.66. The molecule has 0 spiro atoms. The maximum absolute atomic E-state index is 12.2. The Balaban J connectivity index is 1.98. The van der Waals surface area contributed by atoms with E-state index >= 15 is 0 Å². The third-order valence-electron chi connectivity index (χ3n) is 3.57. The second-order valence-corrected chi connectivity index (χ2v) is 7.47. The van der Waals surface area contributed by atoms with Crippen molar-refractivity contribution in [3.8, 4) is 11.5 Å². The molecule has 0 radical (unpaired) electrons. The predicted molar refractivity (Wildman–Crippen MR) is 111 cm³/mol. The van der Waals surface area contributed by atoms with E-state index in [1.54, 1.807) is 24.3 Å².